The van der Waals surface area contributed by atoms with Crippen LogP contribution < -0.4 is 5.01 Å². The van der Waals surface area contributed by atoms with E-state index in [1.165, 1.54) is 12.1 Å². The molecule has 100 valence electrons. The fraction of sp³-hybridized carbons (Fsp3) is 0.133. The van der Waals surface area contributed by atoms with E-state index >= 15 is 0 Å². The Kier molecular flexibility index (Phi) is 3.16. The quantitative estimate of drug-likeness (QED) is 0.633. The molecule has 1 aliphatic heterocycles. The van der Waals surface area contributed by atoms with E-state index in [9.17, 15) is 10.1 Å². The van der Waals surface area contributed by atoms with Crippen LogP contribution in [-0.4, -0.2) is 17.2 Å². The van der Waals surface area contributed by atoms with E-state index in [-0.39, 0.29) is 5.69 Å². The van der Waals surface area contributed by atoms with Crippen LogP contribution in [0.15, 0.2) is 59.7 Å². The molecule has 0 fully saturated rings. The van der Waals surface area contributed by atoms with Gasteiger partial charge in [-0.2, -0.15) is 5.10 Å². The van der Waals surface area contributed by atoms with Gasteiger partial charge in [0.15, 0.2) is 0 Å². The van der Waals surface area contributed by atoms with Gasteiger partial charge in [0.2, 0.25) is 0 Å². The van der Waals surface area contributed by atoms with Gasteiger partial charge in [-0.3, -0.25) is 15.1 Å². The first-order valence-electron chi connectivity index (χ1n) is 6.39. The third-order valence-electron chi connectivity index (χ3n) is 3.27. The molecule has 5 nitrogen and oxygen atoms in total. The lowest BCUT2D eigenvalue weighted by molar-refractivity contribution is -0.384. The molecule has 0 aromatic heterocycles. The van der Waals surface area contributed by atoms with Crippen LogP contribution in [0.1, 0.15) is 12.0 Å². The van der Waals surface area contributed by atoms with Gasteiger partial charge in [0, 0.05) is 25.1 Å². The second-order valence-corrected chi connectivity index (χ2v) is 4.56. The number of non-ortho nitro benzene ring substituents is 1. The summed E-state index contributed by atoms with van der Waals surface area (Å²) in [5.74, 6) is 0. The van der Waals surface area contributed by atoms with Crippen LogP contribution in [0.3, 0.4) is 0 Å². The maximum Gasteiger partial charge on any atom is 0.269 e. The highest BCUT2D eigenvalue weighted by Gasteiger charge is 2.17. The molecule has 5 heteroatoms. The average Bonchev–Trinajstić information content (AvgIpc) is 2.98. The van der Waals surface area contributed by atoms with Gasteiger partial charge in [0.1, 0.15) is 0 Å². The number of hydrazone groups is 1. The summed E-state index contributed by atoms with van der Waals surface area (Å²) in [6.07, 6.45) is 0.840. The Hall–Kier alpha value is -2.69. The topological polar surface area (TPSA) is 58.7 Å². The number of nitro groups is 1. The second kappa shape index (κ2) is 5.13. The zero-order chi connectivity index (χ0) is 13.9. The zero-order valence-corrected chi connectivity index (χ0v) is 10.8. The molecule has 0 bridgehead atoms. The number of nitrogens with zero attached hydrogens (tertiary/aromatic N) is 3. The molecular weight excluding hydrogens is 254 g/mol. The lowest BCUT2D eigenvalue weighted by Crippen LogP contribution is -2.11. The fourth-order valence-corrected chi connectivity index (χ4v) is 2.22. The molecule has 0 spiro atoms. The Balaban J connectivity index is 1.83. The van der Waals surface area contributed by atoms with Crippen molar-refractivity contribution in [1.82, 2.24) is 0 Å². The van der Waals surface area contributed by atoms with Crippen LogP contribution in [0.2, 0.25) is 0 Å². The molecule has 0 aliphatic carbocycles. The summed E-state index contributed by atoms with van der Waals surface area (Å²) in [5.41, 5.74) is 3.06. The van der Waals surface area contributed by atoms with E-state index in [1.54, 1.807) is 12.1 Å². The lowest BCUT2D eigenvalue weighted by atomic mass is 10.1. The molecule has 2 aromatic rings. The van der Waals surface area contributed by atoms with Crippen LogP contribution in [0.25, 0.3) is 0 Å². The van der Waals surface area contributed by atoms with Crippen molar-refractivity contribution in [3.8, 4) is 0 Å². The Bertz CT molecular complexity index is 651. The van der Waals surface area contributed by atoms with Gasteiger partial charge in [-0.1, -0.05) is 18.2 Å². The highest BCUT2D eigenvalue weighted by atomic mass is 16.6. The smallest absolute Gasteiger partial charge is 0.265 e. The molecule has 0 unspecified atom stereocenters. The normalized spacial score (nSPS) is 14.2. The summed E-state index contributed by atoms with van der Waals surface area (Å²) in [7, 11) is 0. The molecular formula is C15H13N3O2. The standard InChI is InChI=1S/C15H13N3O2/c19-18(20)14-8-6-12(7-9-14)15-10-11-17(16-15)13-4-2-1-3-5-13/h1-9H,10-11H2. The molecule has 0 amide bonds. The molecule has 1 aliphatic rings. The van der Waals surface area contributed by atoms with E-state index in [4.69, 9.17) is 0 Å². The largest absolute Gasteiger partial charge is 0.269 e. The summed E-state index contributed by atoms with van der Waals surface area (Å²) in [6, 6.07) is 16.5. The summed E-state index contributed by atoms with van der Waals surface area (Å²) in [4.78, 5) is 10.2. The highest BCUT2D eigenvalue weighted by Crippen LogP contribution is 2.22. The van der Waals surface area contributed by atoms with E-state index < -0.39 is 4.92 Å². The van der Waals surface area contributed by atoms with E-state index in [0.29, 0.717) is 0 Å². The lowest BCUT2D eigenvalue weighted by Gasteiger charge is -2.12. The molecule has 0 saturated heterocycles. The highest BCUT2D eigenvalue weighted by molar-refractivity contribution is 6.02. The summed E-state index contributed by atoms with van der Waals surface area (Å²) >= 11 is 0. The third-order valence-corrected chi connectivity index (χ3v) is 3.27. The maximum atomic E-state index is 10.6. The monoisotopic (exact) mass is 267 g/mol. The van der Waals surface area contributed by atoms with Crippen molar-refractivity contribution in [2.24, 2.45) is 5.10 Å². The Morgan fingerprint density at radius 1 is 1.05 bits per heavy atom. The average molecular weight is 267 g/mol. The zero-order valence-electron chi connectivity index (χ0n) is 10.8. The number of hydrogen-bond acceptors (Lipinski definition) is 4. The van der Waals surface area contributed by atoms with Crippen molar-refractivity contribution in [2.75, 3.05) is 11.6 Å². The third kappa shape index (κ3) is 2.38. The molecule has 1 heterocycles. The van der Waals surface area contributed by atoms with Crippen LogP contribution in [0.4, 0.5) is 11.4 Å². The van der Waals surface area contributed by atoms with Crippen LogP contribution in [0.5, 0.6) is 0 Å². The van der Waals surface area contributed by atoms with Crippen molar-refractivity contribution in [2.45, 2.75) is 6.42 Å². The molecule has 0 atom stereocenters. The Labute approximate surface area is 116 Å². The van der Waals surface area contributed by atoms with E-state index in [0.717, 1.165) is 29.9 Å². The van der Waals surface area contributed by atoms with Crippen molar-refractivity contribution in [1.29, 1.82) is 0 Å². The van der Waals surface area contributed by atoms with Gasteiger partial charge in [-0.05, 0) is 29.8 Å². The first kappa shape index (κ1) is 12.3. The van der Waals surface area contributed by atoms with Crippen LogP contribution in [-0.2, 0) is 0 Å². The SMILES string of the molecule is O=[N+]([O-])c1ccc(C2=NN(c3ccccc3)CC2)cc1. The van der Waals surface area contributed by atoms with Gasteiger partial charge in [0.25, 0.3) is 5.69 Å². The summed E-state index contributed by atoms with van der Waals surface area (Å²) < 4.78 is 0. The van der Waals surface area contributed by atoms with Crippen molar-refractivity contribution in [3.63, 3.8) is 0 Å². The first-order valence-corrected chi connectivity index (χ1v) is 6.39. The minimum absolute atomic E-state index is 0.104. The van der Waals surface area contributed by atoms with Gasteiger partial charge >= 0.3 is 0 Å². The maximum absolute atomic E-state index is 10.6. The summed E-state index contributed by atoms with van der Waals surface area (Å²) in [5, 5.41) is 17.2. The number of anilines is 1. The van der Waals surface area contributed by atoms with Crippen molar-refractivity contribution >= 4 is 17.1 Å². The summed E-state index contributed by atoms with van der Waals surface area (Å²) in [6.45, 7) is 0.830. The van der Waals surface area contributed by atoms with Gasteiger partial charge in [-0.15, -0.1) is 0 Å². The van der Waals surface area contributed by atoms with Crippen LogP contribution >= 0.6 is 0 Å². The van der Waals surface area contributed by atoms with Gasteiger partial charge in [-0.25, -0.2) is 0 Å². The van der Waals surface area contributed by atoms with E-state index in [1.807, 2.05) is 35.3 Å². The van der Waals surface area contributed by atoms with Crippen LogP contribution in [0, 0.1) is 10.1 Å². The number of rotatable bonds is 3. The Morgan fingerprint density at radius 3 is 2.40 bits per heavy atom. The van der Waals surface area contributed by atoms with Gasteiger partial charge in [0.05, 0.1) is 16.3 Å². The molecule has 0 saturated carbocycles. The molecule has 2 aromatic carbocycles. The van der Waals surface area contributed by atoms with E-state index in [2.05, 4.69) is 5.10 Å². The van der Waals surface area contributed by atoms with Gasteiger partial charge < -0.3 is 0 Å². The predicted molar refractivity (Wildman–Crippen MR) is 78.0 cm³/mol. The number of benzene rings is 2. The number of hydrogen-bond donors (Lipinski definition) is 0. The van der Waals surface area contributed by atoms with Crippen molar-refractivity contribution in [3.05, 3.63) is 70.3 Å². The minimum Gasteiger partial charge on any atom is -0.265 e. The first-order chi connectivity index (χ1) is 9.74. The molecule has 20 heavy (non-hydrogen) atoms. The molecule has 0 radical (unpaired) electrons. The Morgan fingerprint density at radius 2 is 1.75 bits per heavy atom. The number of para-hydroxylation sites is 1. The van der Waals surface area contributed by atoms with Crippen molar-refractivity contribution < 1.29 is 4.92 Å². The molecule has 0 N–H and O–H groups in total. The fourth-order valence-electron chi connectivity index (χ4n) is 2.22. The number of nitro benzene ring substituents is 1. The molecule has 3 rings (SSSR count). The second-order valence-electron chi connectivity index (χ2n) is 4.56. The predicted octanol–water partition coefficient (Wildman–Crippen LogP) is 3.21. The minimum atomic E-state index is -0.392.